The second kappa shape index (κ2) is 11.4. The molecule has 188 valence electrons. The van der Waals surface area contributed by atoms with Crippen LogP contribution in [-0.2, 0) is 10.9 Å². The van der Waals surface area contributed by atoms with Crippen LogP contribution in [0, 0.1) is 5.41 Å². The van der Waals surface area contributed by atoms with Crippen molar-refractivity contribution in [2.45, 2.75) is 6.18 Å². The summed E-state index contributed by atoms with van der Waals surface area (Å²) in [5.74, 6) is -1.66. The number of carbonyl (C=O) groups excluding carboxylic acids is 1. The highest BCUT2D eigenvalue weighted by Crippen LogP contribution is 2.38. The molecule has 0 saturated carbocycles. The van der Waals surface area contributed by atoms with Gasteiger partial charge in [0.2, 0.25) is 5.90 Å². The normalized spacial score (nSPS) is 11.6. The first-order valence-electron chi connectivity index (χ1n) is 10.2. The number of hydrogen-bond acceptors (Lipinski definition) is 6. The van der Waals surface area contributed by atoms with E-state index < -0.39 is 29.4 Å². The smallest absolute Gasteiger partial charge is 0.420 e. The number of carbonyl (C=O) groups is 1. The van der Waals surface area contributed by atoms with E-state index in [1.165, 1.54) is 19.4 Å². The second-order valence-electron chi connectivity index (χ2n) is 7.22. The predicted molar refractivity (Wildman–Crippen MR) is 132 cm³/mol. The summed E-state index contributed by atoms with van der Waals surface area (Å²) in [5, 5.41) is 12.1. The topological polar surface area (TPSA) is 80.6 Å². The van der Waals surface area contributed by atoms with Gasteiger partial charge in [-0.05, 0) is 54.1 Å². The van der Waals surface area contributed by atoms with Crippen LogP contribution in [0.15, 0.2) is 66.9 Å². The molecule has 0 aliphatic carbocycles. The zero-order valence-corrected chi connectivity index (χ0v) is 20.4. The summed E-state index contributed by atoms with van der Waals surface area (Å²) in [5.41, 5.74) is -0.516. The van der Waals surface area contributed by atoms with Crippen molar-refractivity contribution in [1.29, 1.82) is 5.41 Å². The maximum atomic E-state index is 13.7. The molecule has 0 radical (unpaired) electrons. The van der Waals surface area contributed by atoms with Crippen LogP contribution >= 0.6 is 23.2 Å². The molecule has 0 spiro atoms. The van der Waals surface area contributed by atoms with Gasteiger partial charge in [-0.15, -0.1) is 0 Å². The quantitative estimate of drug-likeness (QED) is 0.187. The molecule has 0 aliphatic heterocycles. The molecule has 3 rings (SSSR count). The van der Waals surface area contributed by atoms with Crippen molar-refractivity contribution in [3.8, 4) is 11.5 Å². The summed E-state index contributed by atoms with van der Waals surface area (Å²) < 4.78 is 56.2. The Morgan fingerprint density at radius 2 is 1.56 bits per heavy atom. The van der Waals surface area contributed by atoms with E-state index in [2.05, 4.69) is 10.1 Å². The molecule has 0 saturated heterocycles. The zero-order chi connectivity index (χ0) is 26.5. The van der Waals surface area contributed by atoms with E-state index in [9.17, 15) is 18.0 Å². The molecule has 0 amide bonds. The Bertz CT molecular complexity index is 1290. The van der Waals surface area contributed by atoms with E-state index in [4.69, 9.17) is 38.1 Å². The zero-order valence-electron chi connectivity index (χ0n) is 18.9. The SMILES string of the molecule is COC(=O)c1ccc(OC(=N)/C(=C\Nc2cc(Cl)cc(Cl)c2)c2ccc(OC)cc2)c(C(F)(F)F)c1. The monoisotopic (exact) mass is 538 g/mol. The van der Waals surface area contributed by atoms with Gasteiger partial charge in [0.15, 0.2) is 0 Å². The molecule has 11 heteroatoms. The van der Waals surface area contributed by atoms with E-state index in [0.717, 1.165) is 19.2 Å². The Hall–Kier alpha value is -3.69. The Morgan fingerprint density at radius 3 is 2.11 bits per heavy atom. The van der Waals surface area contributed by atoms with Gasteiger partial charge in [0.1, 0.15) is 11.5 Å². The van der Waals surface area contributed by atoms with Crippen LogP contribution in [0.2, 0.25) is 10.0 Å². The van der Waals surface area contributed by atoms with Gasteiger partial charge in [-0.3, -0.25) is 5.41 Å². The molecule has 0 heterocycles. The van der Waals surface area contributed by atoms with Crippen molar-refractivity contribution in [3.05, 3.63) is 93.6 Å². The van der Waals surface area contributed by atoms with Crippen LogP contribution in [0.1, 0.15) is 21.5 Å². The van der Waals surface area contributed by atoms with Crippen LogP contribution in [0.4, 0.5) is 18.9 Å². The first-order chi connectivity index (χ1) is 17.0. The Labute approximate surface area is 214 Å². The number of methoxy groups -OCH3 is 2. The minimum Gasteiger partial charge on any atom is -0.497 e. The number of ether oxygens (including phenoxy) is 3. The minimum atomic E-state index is -4.86. The first kappa shape index (κ1) is 26.9. The van der Waals surface area contributed by atoms with Crippen molar-refractivity contribution in [3.63, 3.8) is 0 Å². The number of nitrogens with one attached hydrogen (secondary N) is 2. The van der Waals surface area contributed by atoms with Crippen molar-refractivity contribution < 1.29 is 32.2 Å². The number of alkyl halides is 3. The second-order valence-corrected chi connectivity index (χ2v) is 8.09. The molecule has 36 heavy (non-hydrogen) atoms. The summed E-state index contributed by atoms with van der Waals surface area (Å²) in [6, 6.07) is 13.8. The molecular weight excluding hydrogens is 520 g/mol. The van der Waals surface area contributed by atoms with Gasteiger partial charge in [-0.1, -0.05) is 35.3 Å². The fraction of sp³-hybridized carbons (Fsp3) is 0.120. The van der Waals surface area contributed by atoms with Gasteiger partial charge < -0.3 is 19.5 Å². The van der Waals surface area contributed by atoms with Crippen molar-refractivity contribution in [2.24, 2.45) is 0 Å². The average molecular weight is 539 g/mol. The standard InChI is InChI=1S/C25H19Cl2F3N2O4/c1-34-19-6-3-14(4-7-19)20(13-32-18-11-16(26)10-17(27)12-18)23(31)36-22-8-5-15(24(33)35-2)9-21(22)25(28,29)30/h3-13,31-32H,1-2H3/b20-13-,31-23?. The van der Waals surface area contributed by atoms with Gasteiger partial charge in [0.25, 0.3) is 0 Å². The summed E-state index contributed by atoms with van der Waals surface area (Å²) in [6.45, 7) is 0. The van der Waals surface area contributed by atoms with Crippen LogP contribution in [-0.4, -0.2) is 26.1 Å². The number of benzene rings is 3. The third-order valence-corrected chi connectivity index (χ3v) is 5.25. The maximum Gasteiger partial charge on any atom is 0.420 e. The van der Waals surface area contributed by atoms with E-state index in [0.29, 0.717) is 33.1 Å². The molecule has 0 unspecified atom stereocenters. The maximum absolute atomic E-state index is 13.7. The summed E-state index contributed by atoms with van der Waals surface area (Å²) in [7, 11) is 2.54. The van der Waals surface area contributed by atoms with E-state index in [-0.39, 0.29) is 11.1 Å². The lowest BCUT2D eigenvalue weighted by molar-refractivity contribution is -0.138. The summed E-state index contributed by atoms with van der Waals surface area (Å²) >= 11 is 12.1. The van der Waals surface area contributed by atoms with Gasteiger partial charge >= 0.3 is 12.1 Å². The van der Waals surface area contributed by atoms with Gasteiger partial charge in [0, 0.05) is 21.9 Å². The van der Waals surface area contributed by atoms with Gasteiger partial charge in [-0.25, -0.2) is 4.79 Å². The molecule has 3 aromatic rings. The van der Waals surface area contributed by atoms with Crippen molar-refractivity contribution >= 4 is 46.3 Å². The van der Waals surface area contributed by atoms with E-state index in [1.54, 1.807) is 36.4 Å². The molecule has 0 atom stereocenters. The molecule has 0 aliphatic rings. The fourth-order valence-electron chi connectivity index (χ4n) is 3.09. The van der Waals surface area contributed by atoms with E-state index in [1.807, 2.05) is 0 Å². The van der Waals surface area contributed by atoms with Gasteiger partial charge in [0.05, 0.1) is 30.9 Å². The van der Waals surface area contributed by atoms with Crippen LogP contribution < -0.4 is 14.8 Å². The molecule has 3 aromatic carbocycles. The van der Waals surface area contributed by atoms with Gasteiger partial charge in [-0.2, -0.15) is 13.2 Å². The molecular formula is C25H19Cl2F3N2O4. The van der Waals surface area contributed by atoms with E-state index >= 15 is 0 Å². The highest BCUT2D eigenvalue weighted by Gasteiger charge is 2.36. The first-order valence-corrected chi connectivity index (χ1v) is 10.9. The summed E-state index contributed by atoms with van der Waals surface area (Å²) in [4.78, 5) is 11.7. The molecule has 6 nitrogen and oxygen atoms in total. The highest BCUT2D eigenvalue weighted by atomic mass is 35.5. The number of esters is 1. The lowest BCUT2D eigenvalue weighted by atomic mass is 10.1. The number of halogens is 5. The van der Waals surface area contributed by atoms with Crippen LogP contribution in [0.3, 0.4) is 0 Å². The number of rotatable bonds is 7. The fourth-order valence-corrected chi connectivity index (χ4v) is 3.62. The lowest BCUT2D eigenvalue weighted by Gasteiger charge is -2.17. The Morgan fingerprint density at radius 1 is 0.944 bits per heavy atom. The lowest BCUT2D eigenvalue weighted by Crippen LogP contribution is -2.16. The van der Waals surface area contributed by atoms with Crippen LogP contribution in [0.5, 0.6) is 11.5 Å². The van der Waals surface area contributed by atoms with Crippen molar-refractivity contribution in [1.82, 2.24) is 0 Å². The van der Waals surface area contributed by atoms with Crippen molar-refractivity contribution in [2.75, 3.05) is 19.5 Å². The number of anilines is 1. The molecule has 0 bridgehead atoms. The van der Waals surface area contributed by atoms with Crippen LogP contribution in [0.25, 0.3) is 5.57 Å². The molecule has 2 N–H and O–H groups in total. The number of hydrogen-bond donors (Lipinski definition) is 2. The largest absolute Gasteiger partial charge is 0.497 e. The average Bonchev–Trinajstić information content (AvgIpc) is 2.83. The highest BCUT2D eigenvalue weighted by molar-refractivity contribution is 6.35. The molecule has 0 fully saturated rings. The third kappa shape index (κ3) is 6.71. The predicted octanol–water partition coefficient (Wildman–Crippen LogP) is 7.32. The Kier molecular flexibility index (Phi) is 8.49. The summed E-state index contributed by atoms with van der Waals surface area (Å²) in [6.07, 6.45) is -3.48. The Balaban J connectivity index is 2.01. The molecule has 0 aromatic heterocycles. The minimum absolute atomic E-state index is 0.110. The third-order valence-electron chi connectivity index (χ3n) is 4.81.